The number of aromatic nitrogens is 1. The number of benzene rings is 2. The van der Waals surface area contributed by atoms with Crippen molar-refractivity contribution in [2.75, 3.05) is 5.43 Å². The average molecular weight is 464 g/mol. The maximum absolute atomic E-state index is 6.14. The van der Waals surface area contributed by atoms with Crippen LogP contribution in [0.3, 0.4) is 0 Å². The molecular weight excluding hydrogens is 445 g/mol. The number of hydrogen-bond acceptors (Lipinski definition) is 2. The van der Waals surface area contributed by atoms with E-state index in [1.807, 2.05) is 31.3 Å². The average Bonchev–Trinajstić information content (AvgIpc) is 2.86. The molecule has 0 aliphatic rings. The van der Waals surface area contributed by atoms with E-state index in [1.165, 1.54) is 9.26 Å². The van der Waals surface area contributed by atoms with Crippen LogP contribution in [-0.4, -0.2) is 10.8 Å². The number of hydrogen-bond donors (Lipinski definition) is 1. The summed E-state index contributed by atoms with van der Waals surface area (Å²) in [5.74, 6) is 0. The second kappa shape index (κ2) is 7.62. The minimum atomic E-state index is 0.733. The lowest BCUT2D eigenvalue weighted by Crippen LogP contribution is -1.99. The van der Waals surface area contributed by atoms with Gasteiger partial charge in [-0.15, -0.1) is 0 Å². The Morgan fingerprint density at radius 3 is 2.44 bits per heavy atom. The molecule has 0 amide bonds. The molecule has 0 aliphatic carbocycles. The highest BCUT2D eigenvalue weighted by Gasteiger charge is 2.09. The van der Waals surface area contributed by atoms with Crippen LogP contribution in [0.15, 0.2) is 53.6 Å². The lowest BCUT2D eigenvalue weighted by Gasteiger charge is -2.09. The monoisotopic (exact) mass is 463 g/mol. The molecule has 0 atom stereocenters. The summed E-state index contributed by atoms with van der Waals surface area (Å²) in [6.45, 7) is 6.19. The van der Waals surface area contributed by atoms with Crippen molar-refractivity contribution in [3.63, 3.8) is 0 Å². The van der Waals surface area contributed by atoms with Crippen LogP contribution < -0.4 is 5.43 Å². The molecule has 0 spiro atoms. The molecule has 0 saturated carbocycles. The van der Waals surface area contributed by atoms with Crippen molar-refractivity contribution < 1.29 is 0 Å². The van der Waals surface area contributed by atoms with Gasteiger partial charge in [0.05, 0.1) is 11.9 Å². The number of halogens is 2. The third-order valence-corrected chi connectivity index (χ3v) is 5.25. The zero-order chi connectivity index (χ0) is 18.0. The van der Waals surface area contributed by atoms with Crippen LogP contribution in [0.1, 0.15) is 22.5 Å². The maximum Gasteiger partial charge on any atom is 0.0576 e. The first-order valence-corrected chi connectivity index (χ1v) is 9.41. The van der Waals surface area contributed by atoms with Gasteiger partial charge in [0.15, 0.2) is 0 Å². The lowest BCUT2D eigenvalue weighted by molar-refractivity contribution is 0.964. The minimum Gasteiger partial charge on any atom is -0.318 e. The van der Waals surface area contributed by atoms with Crippen molar-refractivity contribution in [2.24, 2.45) is 5.10 Å². The Balaban J connectivity index is 1.82. The quantitative estimate of drug-likeness (QED) is 0.282. The molecule has 0 aliphatic heterocycles. The van der Waals surface area contributed by atoms with Gasteiger partial charge >= 0.3 is 0 Å². The Bertz CT molecular complexity index is 927. The van der Waals surface area contributed by atoms with E-state index in [4.69, 9.17) is 11.6 Å². The van der Waals surface area contributed by atoms with Gasteiger partial charge in [0.25, 0.3) is 0 Å². The molecule has 1 N–H and O–H groups in total. The summed E-state index contributed by atoms with van der Waals surface area (Å²) >= 11 is 8.46. The first-order valence-electron chi connectivity index (χ1n) is 7.96. The summed E-state index contributed by atoms with van der Waals surface area (Å²) in [7, 11) is 0. The Labute approximate surface area is 166 Å². The van der Waals surface area contributed by atoms with Crippen LogP contribution in [0.25, 0.3) is 5.69 Å². The van der Waals surface area contributed by atoms with Crippen LogP contribution in [0, 0.1) is 24.3 Å². The fraction of sp³-hybridized carbons (Fsp3) is 0.150. The predicted molar refractivity (Wildman–Crippen MR) is 115 cm³/mol. The number of aryl methyl sites for hydroxylation is 2. The summed E-state index contributed by atoms with van der Waals surface area (Å²) in [6, 6.07) is 16.5. The molecule has 0 bridgehead atoms. The normalized spacial score (nSPS) is 11.2. The van der Waals surface area contributed by atoms with E-state index >= 15 is 0 Å². The largest absolute Gasteiger partial charge is 0.318 e. The van der Waals surface area contributed by atoms with Crippen LogP contribution in [0.5, 0.6) is 0 Å². The van der Waals surface area contributed by atoms with E-state index in [2.05, 4.69) is 81.9 Å². The van der Waals surface area contributed by atoms with E-state index in [0.29, 0.717) is 0 Å². The number of nitrogens with zero attached hydrogens (tertiary/aromatic N) is 2. The van der Waals surface area contributed by atoms with Crippen molar-refractivity contribution in [1.29, 1.82) is 0 Å². The standard InChI is InChI=1S/C20H19ClIN3/c1-13-4-7-18(11-20(13)21)24-23-12-16-10-14(2)25(15(16)3)19-8-5-17(22)6-9-19/h4-12,24H,1-3H3/b23-12-. The predicted octanol–water partition coefficient (Wildman–Crippen LogP) is 6.11. The first kappa shape index (κ1) is 18.0. The summed E-state index contributed by atoms with van der Waals surface area (Å²) in [5, 5.41) is 5.09. The Morgan fingerprint density at radius 2 is 1.76 bits per heavy atom. The van der Waals surface area contributed by atoms with Gasteiger partial charge in [-0.3, -0.25) is 5.43 Å². The molecule has 3 aromatic rings. The molecule has 25 heavy (non-hydrogen) atoms. The van der Waals surface area contributed by atoms with Gasteiger partial charge in [-0.25, -0.2) is 0 Å². The topological polar surface area (TPSA) is 29.3 Å². The van der Waals surface area contributed by atoms with E-state index in [9.17, 15) is 0 Å². The van der Waals surface area contributed by atoms with E-state index in [-0.39, 0.29) is 0 Å². The van der Waals surface area contributed by atoms with E-state index < -0.39 is 0 Å². The highest BCUT2D eigenvalue weighted by atomic mass is 127. The smallest absolute Gasteiger partial charge is 0.0576 e. The van der Waals surface area contributed by atoms with Gasteiger partial charge in [0, 0.05) is 31.2 Å². The summed E-state index contributed by atoms with van der Waals surface area (Å²) < 4.78 is 3.46. The van der Waals surface area contributed by atoms with Crippen LogP contribution >= 0.6 is 34.2 Å². The Kier molecular flexibility index (Phi) is 5.49. The summed E-state index contributed by atoms with van der Waals surface area (Å²) in [6.07, 6.45) is 1.85. The maximum atomic E-state index is 6.14. The second-order valence-electron chi connectivity index (χ2n) is 5.97. The van der Waals surface area contributed by atoms with Gasteiger partial charge in [0.1, 0.15) is 0 Å². The molecule has 1 heterocycles. The SMILES string of the molecule is Cc1ccc(N/N=C\c2cc(C)n(-c3ccc(I)cc3)c2C)cc1Cl. The molecule has 128 valence electrons. The van der Waals surface area contributed by atoms with Crippen molar-refractivity contribution in [3.8, 4) is 5.69 Å². The molecule has 0 unspecified atom stereocenters. The molecule has 3 rings (SSSR count). The van der Waals surface area contributed by atoms with Gasteiger partial charge < -0.3 is 4.57 Å². The van der Waals surface area contributed by atoms with Gasteiger partial charge in [-0.2, -0.15) is 5.10 Å². The first-order chi connectivity index (χ1) is 12.0. The van der Waals surface area contributed by atoms with Crippen LogP contribution in [0.4, 0.5) is 5.69 Å². The molecule has 0 radical (unpaired) electrons. The van der Waals surface area contributed by atoms with Crippen molar-refractivity contribution in [3.05, 3.63) is 79.6 Å². The van der Waals surface area contributed by atoms with Gasteiger partial charge in [-0.05, 0) is 91.4 Å². The number of hydrazone groups is 1. The Hall–Kier alpha value is -1.79. The zero-order valence-corrected chi connectivity index (χ0v) is 17.3. The van der Waals surface area contributed by atoms with E-state index in [1.54, 1.807) is 0 Å². The molecule has 0 fully saturated rings. The van der Waals surface area contributed by atoms with Crippen LogP contribution in [-0.2, 0) is 0 Å². The third kappa shape index (κ3) is 4.07. The highest BCUT2D eigenvalue weighted by Crippen LogP contribution is 2.22. The van der Waals surface area contributed by atoms with E-state index in [0.717, 1.165) is 33.2 Å². The molecule has 1 aromatic heterocycles. The van der Waals surface area contributed by atoms with Gasteiger partial charge in [0.2, 0.25) is 0 Å². The number of anilines is 1. The molecule has 2 aromatic carbocycles. The summed E-state index contributed by atoms with van der Waals surface area (Å²) in [4.78, 5) is 0. The lowest BCUT2D eigenvalue weighted by atomic mass is 10.2. The zero-order valence-electron chi connectivity index (χ0n) is 14.3. The van der Waals surface area contributed by atoms with Crippen molar-refractivity contribution >= 4 is 46.1 Å². The summed E-state index contributed by atoms with van der Waals surface area (Å²) in [5.41, 5.74) is 9.55. The number of nitrogens with one attached hydrogen (secondary N) is 1. The third-order valence-electron chi connectivity index (χ3n) is 4.12. The molecular formula is C20H19ClIN3. The molecule has 0 saturated heterocycles. The highest BCUT2D eigenvalue weighted by molar-refractivity contribution is 14.1. The Morgan fingerprint density at radius 1 is 1.04 bits per heavy atom. The van der Waals surface area contributed by atoms with Crippen molar-refractivity contribution in [1.82, 2.24) is 4.57 Å². The van der Waals surface area contributed by atoms with Crippen LogP contribution in [0.2, 0.25) is 5.02 Å². The molecule has 5 heteroatoms. The fourth-order valence-corrected chi connectivity index (χ4v) is 3.28. The molecule has 3 nitrogen and oxygen atoms in total. The fourth-order valence-electron chi connectivity index (χ4n) is 2.74. The number of rotatable bonds is 4. The second-order valence-corrected chi connectivity index (χ2v) is 7.63. The minimum absolute atomic E-state index is 0.733. The van der Waals surface area contributed by atoms with Crippen molar-refractivity contribution in [2.45, 2.75) is 20.8 Å². The van der Waals surface area contributed by atoms with Gasteiger partial charge in [-0.1, -0.05) is 17.7 Å².